The summed E-state index contributed by atoms with van der Waals surface area (Å²) < 4.78 is 4.93. The Kier molecular flexibility index (Phi) is 8.81. The Hall–Kier alpha value is -3.83. The standard InChI is InChI=1S/C32H31NO3S/c1-22-9-4-6-13-26(22)29-21-23(15-17-25-12-8-11-24-10-5-7-14-27(24)25)16-18-28(29)31(34)33-30(19-20-37-3)32(35)36-2/h4-18,21,30H,19-20H2,1-3H3,(H,33,34)/b17-15+. The first-order valence-electron chi connectivity index (χ1n) is 12.3. The van der Waals surface area contributed by atoms with E-state index >= 15 is 0 Å². The molecule has 37 heavy (non-hydrogen) atoms. The Bertz CT molecular complexity index is 1440. The summed E-state index contributed by atoms with van der Waals surface area (Å²) in [7, 11) is 1.34. The summed E-state index contributed by atoms with van der Waals surface area (Å²) in [5.74, 6) is 0.0107. The second-order valence-corrected chi connectivity index (χ2v) is 9.84. The van der Waals surface area contributed by atoms with Gasteiger partial charge in [-0.25, -0.2) is 4.79 Å². The van der Waals surface area contributed by atoms with Crippen molar-refractivity contribution in [3.8, 4) is 11.1 Å². The van der Waals surface area contributed by atoms with Crippen molar-refractivity contribution < 1.29 is 14.3 Å². The number of carbonyl (C=O) groups is 2. The maximum atomic E-state index is 13.4. The van der Waals surface area contributed by atoms with Crippen LogP contribution in [0.15, 0.2) is 84.9 Å². The lowest BCUT2D eigenvalue weighted by Gasteiger charge is -2.18. The van der Waals surface area contributed by atoms with Crippen LogP contribution in [0.3, 0.4) is 0 Å². The van der Waals surface area contributed by atoms with E-state index in [1.807, 2.05) is 67.8 Å². The van der Waals surface area contributed by atoms with Crippen LogP contribution in [-0.2, 0) is 9.53 Å². The van der Waals surface area contributed by atoms with Gasteiger partial charge in [0.05, 0.1) is 7.11 Å². The van der Waals surface area contributed by atoms with E-state index in [-0.39, 0.29) is 5.91 Å². The molecule has 0 saturated carbocycles. The first kappa shape index (κ1) is 26.2. The first-order valence-corrected chi connectivity index (χ1v) is 13.6. The molecule has 0 heterocycles. The van der Waals surface area contributed by atoms with Crippen molar-refractivity contribution >= 4 is 46.6 Å². The van der Waals surface area contributed by atoms with Gasteiger partial charge in [-0.15, -0.1) is 0 Å². The Balaban J connectivity index is 1.71. The lowest BCUT2D eigenvalue weighted by molar-refractivity contribution is -0.142. The van der Waals surface area contributed by atoms with Crippen molar-refractivity contribution in [1.82, 2.24) is 5.32 Å². The molecule has 1 atom stereocenters. The zero-order valence-electron chi connectivity index (χ0n) is 21.4. The van der Waals surface area contributed by atoms with E-state index in [4.69, 9.17) is 4.74 Å². The van der Waals surface area contributed by atoms with Crippen LogP contribution in [0.2, 0.25) is 0 Å². The highest BCUT2D eigenvalue weighted by Gasteiger charge is 2.23. The molecule has 0 aliphatic rings. The highest BCUT2D eigenvalue weighted by molar-refractivity contribution is 7.98. The number of rotatable bonds is 9. The average Bonchev–Trinajstić information content (AvgIpc) is 2.93. The fourth-order valence-corrected chi connectivity index (χ4v) is 4.88. The van der Waals surface area contributed by atoms with E-state index in [2.05, 4.69) is 47.8 Å². The number of esters is 1. The minimum Gasteiger partial charge on any atom is -0.467 e. The lowest BCUT2D eigenvalue weighted by Crippen LogP contribution is -2.42. The van der Waals surface area contributed by atoms with Crippen LogP contribution in [0.5, 0.6) is 0 Å². The number of benzene rings is 4. The van der Waals surface area contributed by atoms with Crippen molar-refractivity contribution in [2.45, 2.75) is 19.4 Å². The van der Waals surface area contributed by atoms with Crippen LogP contribution in [0.4, 0.5) is 0 Å². The Morgan fingerprint density at radius 3 is 2.46 bits per heavy atom. The van der Waals surface area contributed by atoms with Gasteiger partial charge in [-0.1, -0.05) is 84.9 Å². The molecule has 1 N–H and O–H groups in total. The van der Waals surface area contributed by atoms with Gasteiger partial charge in [0.15, 0.2) is 0 Å². The molecule has 0 aliphatic heterocycles. The quantitative estimate of drug-likeness (QED) is 0.195. The van der Waals surface area contributed by atoms with Gasteiger partial charge in [0.25, 0.3) is 5.91 Å². The highest BCUT2D eigenvalue weighted by Crippen LogP contribution is 2.29. The van der Waals surface area contributed by atoms with E-state index in [0.29, 0.717) is 12.0 Å². The number of carbonyl (C=O) groups excluding carboxylic acids is 2. The molecule has 0 bridgehead atoms. The number of amides is 1. The zero-order valence-corrected chi connectivity index (χ0v) is 22.2. The number of fused-ring (bicyclic) bond motifs is 1. The maximum Gasteiger partial charge on any atom is 0.328 e. The van der Waals surface area contributed by atoms with Gasteiger partial charge in [0.1, 0.15) is 6.04 Å². The molecule has 0 spiro atoms. The summed E-state index contributed by atoms with van der Waals surface area (Å²) in [6.45, 7) is 2.03. The van der Waals surface area contributed by atoms with Gasteiger partial charge in [-0.3, -0.25) is 4.79 Å². The van der Waals surface area contributed by atoms with E-state index in [1.165, 1.54) is 17.9 Å². The average molecular weight is 510 g/mol. The molecule has 188 valence electrons. The molecule has 0 aromatic heterocycles. The summed E-state index contributed by atoms with van der Waals surface area (Å²) in [4.78, 5) is 25.7. The molecule has 1 amide bonds. The summed E-state index contributed by atoms with van der Waals surface area (Å²) in [6, 6.07) is 27.7. The summed E-state index contributed by atoms with van der Waals surface area (Å²) in [6.07, 6.45) is 6.65. The number of methoxy groups -OCH3 is 1. The van der Waals surface area contributed by atoms with E-state index in [9.17, 15) is 9.59 Å². The monoisotopic (exact) mass is 509 g/mol. The molecule has 0 aliphatic carbocycles. The number of thioether (sulfide) groups is 1. The van der Waals surface area contributed by atoms with Crippen molar-refractivity contribution in [2.75, 3.05) is 19.1 Å². The zero-order chi connectivity index (χ0) is 26.2. The summed E-state index contributed by atoms with van der Waals surface area (Å²) >= 11 is 1.62. The van der Waals surface area contributed by atoms with Crippen LogP contribution >= 0.6 is 11.8 Å². The van der Waals surface area contributed by atoms with Crippen LogP contribution in [-0.4, -0.2) is 37.0 Å². The lowest BCUT2D eigenvalue weighted by atomic mass is 9.93. The molecule has 0 radical (unpaired) electrons. The Labute approximate surface area is 222 Å². The summed E-state index contributed by atoms with van der Waals surface area (Å²) in [5, 5.41) is 5.28. The third-order valence-electron chi connectivity index (χ3n) is 6.40. The Morgan fingerprint density at radius 2 is 1.68 bits per heavy atom. The van der Waals surface area contributed by atoms with E-state index in [1.54, 1.807) is 11.8 Å². The fourth-order valence-electron chi connectivity index (χ4n) is 4.41. The molecular formula is C32H31NO3S. The minimum absolute atomic E-state index is 0.292. The Morgan fingerprint density at radius 1 is 0.919 bits per heavy atom. The van der Waals surface area contributed by atoms with Gasteiger partial charge >= 0.3 is 5.97 Å². The van der Waals surface area contributed by atoms with Crippen LogP contribution in [0.1, 0.15) is 33.5 Å². The van der Waals surface area contributed by atoms with Crippen molar-refractivity contribution in [2.24, 2.45) is 0 Å². The van der Waals surface area contributed by atoms with Crippen molar-refractivity contribution in [3.05, 3.63) is 107 Å². The van der Waals surface area contributed by atoms with Gasteiger partial charge in [-0.2, -0.15) is 11.8 Å². The molecule has 1 unspecified atom stereocenters. The number of aryl methyl sites for hydroxylation is 1. The molecule has 0 saturated heterocycles. The SMILES string of the molecule is COC(=O)C(CCSC)NC(=O)c1ccc(/C=C/c2cccc3ccccc23)cc1-c1ccccc1C. The van der Waals surface area contributed by atoms with Crippen molar-refractivity contribution in [3.63, 3.8) is 0 Å². The third kappa shape index (κ3) is 6.30. The smallest absolute Gasteiger partial charge is 0.328 e. The highest BCUT2D eigenvalue weighted by atomic mass is 32.2. The number of nitrogens with one attached hydrogen (secondary N) is 1. The first-order chi connectivity index (χ1) is 18.0. The number of ether oxygens (including phenoxy) is 1. The van der Waals surface area contributed by atoms with Crippen molar-refractivity contribution in [1.29, 1.82) is 0 Å². The minimum atomic E-state index is -0.694. The molecular weight excluding hydrogens is 478 g/mol. The third-order valence-corrected chi connectivity index (χ3v) is 7.05. The number of hydrogen-bond donors (Lipinski definition) is 1. The maximum absolute atomic E-state index is 13.4. The molecule has 4 nitrogen and oxygen atoms in total. The topological polar surface area (TPSA) is 55.4 Å². The largest absolute Gasteiger partial charge is 0.467 e. The predicted octanol–water partition coefficient (Wildman–Crippen LogP) is 7.01. The van der Waals surface area contributed by atoms with Crippen LogP contribution in [0.25, 0.3) is 34.1 Å². The predicted molar refractivity (Wildman–Crippen MR) is 156 cm³/mol. The summed E-state index contributed by atoms with van der Waals surface area (Å²) in [5.41, 5.74) is 5.51. The van der Waals surface area contributed by atoms with E-state index < -0.39 is 12.0 Å². The van der Waals surface area contributed by atoms with Crippen LogP contribution in [0, 0.1) is 6.92 Å². The van der Waals surface area contributed by atoms with Gasteiger partial charge in [0, 0.05) is 5.56 Å². The molecule has 4 aromatic rings. The molecule has 5 heteroatoms. The second kappa shape index (κ2) is 12.4. The fraction of sp³-hybridized carbons (Fsp3) is 0.188. The normalized spacial score (nSPS) is 12.0. The number of hydrogen-bond acceptors (Lipinski definition) is 4. The van der Waals surface area contributed by atoms with Crippen LogP contribution < -0.4 is 5.32 Å². The molecule has 4 aromatic carbocycles. The second-order valence-electron chi connectivity index (χ2n) is 8.85. The molecule has 4 rings (SSSR count). The van der Waals surface area contributed by atoms with Gasteiger partial charge in [0.2, 0.25) is 0 Å². The molecule has 0 fully saturated rings. The van der Waals surface area contributed by atoms with E-state index in [0.717, 1.165) is 33.6 Å². The van der Waals surface area contributed by atoms with Gasteiger partial charge in [-0.05, 0) is 76.1 Å². The van der Waals surface area contributed by atoms with Gasteiger partial charge < -0.3 is 10.1 Å².